The number of hydrogen-bond acceptors (Lipinski definition) is 7. The van der Waals surface area contributed by atoms with Crippen LogP contribution in [0.5, 0.6) is 0 Å². The number of halogens is 1. The average Bonchev–Trinajstić information content (AvgIpc) is 3.39. The number of ether oxygens (including phenoxy) is 1. The van der Waals surface area contributed by atoms with E-state index in [4.69, 9.17) is 9.84 Å². The number of aromatic nitrogens is 4. The molecule has 2 fully saturated rings. The zero-order valence-corrected chi connectivity index (χ0v) is 20.7. The van der Waals surface area contributed by atoms with Crippen molar-refractivity contribution < 1.29 is 13.9 Å². The summed E-state index contributed by atoms with van der Waals surface area (Å²) in [6, 6.07) is 14.7. The highest BCUT2D eigenvalue weighted by Crippen LogP contribution is 2.25. The molecule has 10 heteroatoms. The summed E-state index contributed by atoms with van der Waals surface area (Å²) in [5, 5.41) is 4.77. The Morgan fingerprint density at radius 2 is 1.68 bits per heavy atom. The lowest BCUT2D eigenvalue weighted by atomic mass is 10.1. The van der Waals surface area contributed by atoms with Gasteiger partial charge in [0.25, 0.3) is 11.7 Å². The van der Waals surface area contributed by atoms with Crippen LogP contribution in [0.1, 0.15) is 15.9 Å². The molecule has 2 saturated heterocycles. The fraction of sp³-hybridized carbons (Fsp3) is 0.333. The van der Waals surface area contributed by atoms with Gasteiger partial charge in [-0.25, -0.2) is 9.37 Å². The lowest BCUT2D eigenvalue weighted by molar-refractivity contribution is 0.0745. The highest BCUT2D eigenvalue weighted by molar-refractivity contribution is 5.95. The van der Waals surface area contributed by atoms with Gasteiger partial charge in [0.1, 0.15) is 5.82 Å². The molecule has 0 N–H and O–H groups in total. The summed E-state index contributed by atoms with van der Waals surface area (Å²) < 4.78 is 20.9. The Bertz CT molecular complexity index is 1420. The molecular weight excluding hydrogens is 473 g/mol. The molecule has 6 rings (SSSR count). The van der Waals surface area contributed by atoms with Gasteiger partial charge in [-0.05, 0) is 42.8 Å². The molecule has 2 aliphatic heterocycles. The molecule has 0 aliphatic carbocycles. The Labute approximate surface area is 214 Å². The summed E-state index contributed by atoms with van der Waals surface area (Å²) in [5.74, 6) is 0.558. The predicted molar refractivity (Wildman–Crippen MR) is 139 cm³/mol. The van der Waals surface area contributed by atoms with Crippen molar-refractivity contribution in [3.05, 3.63) is 71.7 Å². The van der Waals surface area contributed by atoms with E-state index in [1.54, 1.807) is 21.7 Å². The van der Waals surface area contributed by atoms with E-state index in [0.717, 1.165) is 43.1 Å². The molecule has 0 atom stereocenters. The molecule has 0 saturated carbocycles. The Kier molecular flexibility index (Phi) is 6.17. The van der Waals surface area contributed by atoms with E-state index in [9.17, 15) is 9.18 Å². The van der Waals surface area contributed by atoms with Crippen molar-refractivity contribution in [2.24, 2.45) is 0 Å². The van der Waals surface area contributed by atoms with Crippen LogP contribution < -0.4 is 9.80 Å². The van der Waals surface area contributed by atoms with Crippen LogP contribution in [0.2, 0.25) is 0 Å². The molecule has 0 unspecified atom stereocenters. The third-order valence-corrected chi connectivity index (χ3v) is 7.05. The van der Waals surface area contributed by atoms with Crippen LogP contribution in [0.3, 0.4) is 0 Å². The molecule has 4 heterocycles. The average molecular weight is 502 g/mol. The third kappa shape index (κ3) is 4.60. The number of nitrogens with zero attached hydrogens (tertiary/aromatic N) is 7. The van der Waals surface area contributed by atoms with Crippen molar-refractivity contribution in [2.75, 3.05) is 62.3 Å². The highest BCUT2D eigenvalue weighted by atomic mass is 19.1. The van der Waals surface area contributed by atoms with Gasteiger partial charge in [0, 0.05) is 62.3 Å². The first-order valence-corrected chi connectivity index (χ1v) is 12.5. The van der Waals surface area contributed by atoms with E-state index in [0.29, 0.717) is 43.5 Å². The molecule has 0 spiro atoms. The maximum absolute atomic E-state index is 13.7. The Morgan fingerprint density at radius 1 is 0.919 bits per heavy atom. The summed E-state index contributed by atoms with van der Waals surface area (Å²) in [6.07, 6.45) is 1.75. The van der Waals surface area contributed by atoms with Crippen molar-refractivity contribution in [3.63, 3.8) is 0 Å². The Morgan fingerprint density at radius 3 is 2.43 bits per heavy atom. The summed E-state index contributed by atoms with van der Waals surface area (Å²) >= 11 is 0. The standard InChI is InChI=1S/C27H28FN7O2/c1-19-2-5-21(28)18-23(19)25(36)33-10-12-34(13-11-33)27-30-26-29-9-8-24(35(26)31-27)20-3-6-22(7-4-20)32-14-16-37-17-15-32/h2-9,18H,10-17H2,1H3. The summed E-state index contributed by atoms with van der Waals surface area (Å²) in [4.78, 5) is 28.2. The number of amides is 1. The monoisotopic (exact) mass is 501 g/mol. The second-order valence-electron chi connectivity index (χ2n) is 9.34. The first-order valence-electron chi connectivity index (χ1n) is 12.5. The number of carbonyl (C=O) groups is 1. The van der Waals surface area contributed by atoms with E-state index in [1.165, 1.54) is 17.8 Å². The van der Waals surface area contributed by atoms with Crippen LogP contribution in [-0.2, 0) is 4.74 Å². The fourth-order valence-electron chi connectivity index (χ4n) is 4.91. The second kappa shape index (κ2) is 9.78. The molecule has 1 amide bonds. The third-order valence-electron chi connectivity index (χ3n) is 7.05. The summed E-state index contributed by atoms with van der Waals surface area (Å²) in [6.45, 7) is 7.30. The molecule has 190 valence electrons. The molecule has 9 nitrogen and oxygen atoms in total. The van der Waals surface area contributed by atoms with E-state index in [2.05, 4.69) is 44.0 Å². The zero-order valence-electron chi connectivity index (χ0n) is 20.7. The Hall–Kier alpha value is -4.05. The van der Waals surface area contributed by atoms with Crippen LogP contribution >= 0.6 is 0 Å². The molecular formula is C27H28FN7O2. The van der Waals surface area contributed by atoms with Crippen LogP contribution in [0.25, 0.3) is 17.0 Å². The number of carbonyl (C=O) groups excluding carboxylic acids is 1. The number of rotatable bonds is 4. The minimum absolute atomic E-state index is 0.149. The number of anilines is 2. The molecule has 2 aromatic carbocycles. The number of hydrogen-bond donors (Lipinski definition) is 0. The van der Waals surface area contributed by atoms with Crippen molar-refractivity contribution in [1.29, 1.82) is 0 Å². The van der Waals surface area contributed by atoms with Gasteiger partial charge in [0.15, 0.2) is 0 Å². The van der Waals surface area contributed by atoms with E-state index >= 15 is 0 Å². The maximum Gasteiger partial charge on any atom is 0.254 e. The zero-order chi connectivity index (χ0) is 25.4. The molecule has 37 heavy (non-hydrogen) atoms. The van der Waals surface area contributed by atoms with Gasteiger partial charge in [0.05, 0.1) is 18.9 Å². The Balaban J connectivity index is 1.18. The van der Waals surface area contributed by atoms with Gasteiger partial charge in [-0.1, -0.05) is 18.2 Å². The molecule has 2 aliphatic rings. The lowest BCUT2D eigenvalue weighted by Gasteiger charge is -2.34. The molecule has 2 aromatic heterocycles. The normalized spacial score (nSPS) is 16.4. The molecule has 0 bridgehead atoms. The van der Waals surface area contributed by atoms with Gasteiger partial charge in [0.2, 0.25) is 5.95 Å². The number of benzene rings is 2. The van der Waals surface area contributed by atoms with Crippen LogP contribution in [0, 0.1) is 12.7 Å². The van der Waals surface area contributed by atoms with Gasteiger partial charge in [-0.15, -0.1) is 5.10 Å². The van der Waals surface area contributed by atoms with Crippen molar-refractivity contribution in [3.8, 4) is 11.3 Å². The first-order chi connectivity index (χ1) is 18.1. The minimum atomic E-state index is -0.402. The number of piperazine rings is 1. The van der Waals surface area contributed by atoms with Crippen molar-refractivity contribution >= 4 is 23.3 Å². The summed E-state index contributed by atoms with van der Waals surface area (Å²) in [7, 11) is 0. The van der Waals surface area contributed by atoms with Gasteiger partial charge >= 0.3 is 0 Å². The topological polar surface area (TPSA) is 79.1 Å². The quantitative estimate of drug-likeness (QED) is 0.425. The molecule has 0 radical (unpaired) electrons. The van der Waals surface area contributed by atoms with Crippen LogP contribution in [0.4, 0.5) is 16.0 Å². The van der Waals surface area contributed by atoms with Crippen LogP contribution in [-0.4, -0.2) is 82.9 Å². The predicted octanol–water partition coefficient (Wildman–Crippen LogP) is 3.04. The lowest BCUT2D eigenvalue weighted by Crippen LogP contribution is -2.49. The second-order valence-corrected chi connectivity index (χ2v) is 9.34. The smallest absolute Gasteiger partial charge is 0.254 e. The number of aryl methyl sites for hydroxylation is 1. The van der Waals surface area contributed by atoms with E-state index in [1.807, 2.05) is 13.0 Å². The number of morpholine rings is 1. The maximum atomic E-state index is 13.7. The van der Waals surface area contributed by atoms with E-state index < -0.39 is 5.82 Å². The van der Waals surface area contributed by atoms with Gasteiger partial charge < -0.3 is 19.4 Å². The summed E-state index contributed by atoms with van der Waals surface area (Å²) in [5.41, 5.74) is 4.30. The van der Waals surface area contributed by atoms with E-state index in [-0.39, 0.29) is 5.91 Å². The molecule has 4 aromatic rings. The highest BCUT2D eigenvalue weighted by Gasteiger charge is 2.26. The van der Waals surface area contributed by atoms with Crippen molar-refractivity contribution in [1.82, 2.24) is 24.5 Å². The fourth-order valence-corrected chi connectivity index (χ4v) is 4.91. The number of fused-ring (bicyclic) bond motifs is 1. The SMILES string of the molecule is Cc1ccc(F)cc1C(=O)N1CCN(c2nc3nccc(-c4ccc(N5CCOCC5)cc4)n3n2)CC1. The first kappa shape index (κ1) is 23.4. The van der Waals surface area contributed by atoms with Gasteiger partial charge in [-0.3, -0.25) is 4.79 Å². The largest absolute Gasteiger partial charge is 0.378 e. The van der Waals surface area contributed by atoms with Gasteiger partial charge in [-0.2, -0.15) is 9.50 Å². The van der Waals surface area contributed by atoms with Crippen LogP contribution in [0.15, 0.2) is 54.7 Å². The minimum Gasteiger partial charge on any atom is -0.378 e. The van der Waals surface area contributed by atoms with Crippen molar-refractivity contribution in [2.45, 2.75) is 6.92 Å².